The van der Waals surface area contributed by atoms with Crippen molar-refractivity contribution in [2.24, 2.45) is 0 Å². The molecule has 6 nitrogen and oxygen atoms in total. The van der Waals surface area contributed by atoms with E-state index in [0.717, 1.165) is 43.6 Å². The second-order valence-electron chi connectivity index (χ2n) is 7.42. The molecule has 0 aliphatic carbocycles. The molecule has 1 aromatic heterocycles. The average molecular weight is 412 g/mol. The number of hydrogen-bond donors (Lipinski definition) is 0. The number of hydrogen-bond acceptors (Lipinski definition) is 5. The minimum atomic E-state index is 0.318. The summed E-state index contributed by atoms with van der Waals surface area (Å²) in [5.41, 5.74) is 2.33. The predicted molar refractivity (Wildman–Crippen MR) is 116 cm³/mol. The van der Waals surface area contributed by atoms with Gasteiger partial charge < -0.3 is 9.64 Å². The number of piperazine rings is 1. The Kier molecular flexibility index (Phi) is 6.13. The van der Waals surface area contributed by atoms with E-state index in [2.05, 4.69) is 61.8 Å². The second-order valence-corrected chi connectivity index (χ2v) is 7.86. The summed E-state index contributed by atoms with van der Waals surface area (Å²) in [7, 11) is 1.67. The van der Waals surface area contributed by atoms with E-state index < -0.39 is 0 Å². The van der Waals surface area contributed by atoms with Crippen molar-refractivity contribution in [3.63, 3.8) is 0 Å². The van der Waals surface area contributed by atoms with E-state index in [4.69, 9.17) is 16.3 Å². The monoisotopic (exact) mass is 411 g/mol. The number of ether oxygens (including phenoxy) is 1. The van der Waals surface area contributed by atoms with Crippen molar-refractivity contribution < 1.29 is 4.74 Å². The Hall–Kier alpha value is -2.41. The van der Waals surface area contributed by atoms with Gasteiger partial charge >= 0.3 is 0 Å². The number of halogens is 1. The highest BCUT2D eigenvalue weighted by molar-refractivity contribution is 6.30. The van der Waals surface area contributed by atoms with Crippen molar-refractivity contribution >= 4 is 17.5 Å². The van der Waals surface area contributed by atoms with E-state index in [1.807, 2.05) is 24.3 Å². The zero-order valence-electron chi connectivity index (χ0n) is 16.8. The molecule has 0 spiro atoms. The van der Waals surface area contributed by atoms with Crippen molar-refractivity contribution in [2.75, 3.05) is 31.6 Å². The van der Waals surface area contributed by atoms with Gasteiger partial charge in [0.25, 0.3) is 0 Å². The van der Waals surface area contributed by atoms with Crippen LogP contribution in [0.5, 0.6) is 0 Å². The summed E-state index contributed by atoms with van der Waals surface area (Å²) >= 11 is 6.09. The first-order chi connectivity index (χ1) is 14.2. The van der Waals surface area contributed by atoms with Crippen LogP contribution in [-0.4, -0.2) is 52.5 Å². The maximum Gasteiger partial charge on any atom is 0.232 e. The molecule has 0 bridgehead atoms. The summed E-state index contributed by atoms with van der Waals surface area (Å²) in [4.78, 5) is 4.83. The summed E-state index contributed by atoms with van der Waals surface area (Å²) in [6.07, 6.45) is 0. The summed E-state index contributed by atoms with van der Waals surface area (Å²) in [5.74, 6) is 1.63. The Labute approximate surface area is 176 Å². The van der Waals surface area contributed by atoms with Crippen LogP contribution >= 0.6 is 11.6 Å². The third-order valence-electron chi connectivity index (χ3n) is 5.29. The molecule has 3 aromatic rings. The van der Waals surface area contributed by atoms with Crippen molar-refractivity contribution in [2.45, 2.75) is 26.1 Å². The Bertz CT molecular complexity index is 928. The molecule has 0 radical (unpaired) electrons. The molecule has 2 heterocycles. The van der Waals surface area contributed by atoms with Gasteiger partial charge in [0.15, 0.2) is 5.82 Å². The number of anilines is 1. The molecule has 1 saturated heterocycles. The van der Waals surface area contributed by atoms with Crippen LogP contribution in [0.2, 0.25) is 5.02 Å². The summed E-state index contributed by atoms with van der Waals surface area (Å²) in [6, 6.07) is 18.7. The van der Waals surface area contributed by atoms with Gasteiger partial charge in [-0.2, -0.15) is 0 Å². The molecular formula is C22H26ClN5O. The molecule has 7 heteroatoms. The van der Waals surface area contributed by atoms with Crippen LogP contribution in [0.25, 0.3) is 5.69 Å². The second kappa shape index (κ2) is 8.95. The predicted octanol–water partition coefficient (Wildman–Crippen LogP) is 3.78. The number of methoxy groups -OCH3 is 1. The Morgan fingerprint density at radius 3 is 2.48 bits per heavy atom. The molecular weight excluding hydrogens is 386 g/mol. The highest BCUT2D eigenvalue weighted by atomic mass is 35.5. The molecule has 152 valence electrons. The van der Waals surface area contributed by atoms with E-state index in [1.54, 1.807) is 7.11 Å². The quantitative estimate of drug-likeness (QED) is 0.617. The first kappa shape index (κ1) is 19.9. The van der Waals surface area contributed by atoms with Gasteiger partial charge in [0, 0.05) is 44.4 Å². The van der Waals surface area contributed by atoms with E-state index in [9.17, 15) is 0 Å². The zero-order chi connectivity index (χ0) is 20.2. The highest BCUT2D eigenvalue weighted by Gasteiger charge is 2.28. The SMILES string of the molecule is COCc1nnc(N2CCN(Cc3ccccc3)CC2C)n1-c1ccc(Cl)cc1. The maximum atomic E-state index is 6.09. The van der Waals surface area contributed by atoms with Crippen LogP contribution in [0.15, 0.2) is 54.6 Å². The van der Waals surface area contributed by atoms with Gasteiger partial charge in [-0.1, -0.05) is 41.9 Å². The lowest BCUT2D eigenvalue weighted by Gasteiger charge is -2.40. The molecule has 1 aliphatic rings. The van der Waals surface area contributed by atoms with Gasteiger partial charge in [0.2, 0.25) is 5.95 Å². The van der Waals surface area contributed by atoms with Gasteiger partial charge in [0.1, 0.15) is 6.61 Å². The van der Waals surface area contributed by atoms with E-state index in [1.165, 1.54) is 5.56 Å². The van der Waals surface area contributed by atoms with Gasteiger partial charge in [-0.05, 0) is 36.8 Å². The first-order valence-corrected chi connectivity index (χ1v) is 10.3. The van der Waals surface area contributed by atoms with Crippen LogP contribution in [0.3, 0.4) is 0 Å². The molecule has 1 atom stereocenters. The largest absolute Gasteiger partial charge is 0.377 e. The lowest BCUT2D eigenvalue weighted by molar-refractivity contribution is 0.176. The van der Waals surface area contributed by atoms with Crippen LogP contribution in [0, 0.1) is 0 Å². The topological polar surface area (TPSA) is 46.4 Å². The van der Waals surface area contributed by atoms with Gasteiger partial charge in [-0.25, -0.2) is 0 Å². The highest BCUT2D eigenvalue weighted by Crippen LogP contribution is 2.26. The molecule has 29 heavy (non-hydrogen) atoms. The van der Waals surface area contributed by atoms with Crippen molar-refractivity contribution in [1.29, 1.82) is 0 Å². The van der Waals surface area contributed by atoms with E-state index in [0.29, 0.717) is 17.7 Å². The van der Waals surface area contributed by atoms with Gasteiger partial charge in [0.05, 0.1) is 5.69 Å². The molecule has 1 aliphatic heterocycles. The molecule has 1 fully saturated rings. The number of benzene rings is 2. The summed E-state index contributed by atoms with van der Waals surface area (Å²) in [5, 5.41) is 9.63. The maximum absolute atomic E-state index is 6.09. The number of aromatic nitrogens is 3. The Morgan fingerprint density at radius 2 is 1.79 bits per heavy atom. The molecule has 4 rings (SSSR count). The molecule has 2 aromatic carbocycles. The van der Waals surface area contributed by atoms with Crippen LogP contribution in [0.4, 0.5) is 5.95 Å². The van der Waals surface area contributed by atoms with Crippen molar-refractivity contribution in [3.05, 3.63) is 71.0 Å². The van der Waals surface area contributed by atoms with E-state index >= 15 is 0 Å². The smallest absolute Gasteiger partial charge is 0.232 e. The van der Waals surface area contributed by atoms with Crippen molar-refractivity contribution in [3.8, 4) is 5.69 Å². The van der Waals surface area contributed by atoms with Crippen LogP contribution in [-0.2, 0) is 17.9 Å². The van der Waals surface area contributed by atoms with Gasteiger partial charge in [-0.3, -0.25) is 9.47 Å². The first-order valence-electron chi connectivity index (χ1n) is 9.88. The number of nitrogens with zero attached hydrogens (tertiary/aromatic N) is 5. The summed E-state index contributed by atoms with van der Waals surface area (Å²) in [6.45, 7) is 6.46. The molecule has 0 N–H and O–H groups in total. The minimum absolute atomic E-state index is 0.318. The normalized spacial score (nSPS) is 17.6. The number of rotatable bonds is 6. The molecule has 0 amide bonds. The lowest BCUT2D eigenvalue weighted by atomic mass is 10.1. The fourth-order valence-corrected chi connectivity index (χ4v) is 4.01. The van der Waals surface area contributed by atoms with Crippen molar-refractivity contribution in [1.82, 2.24) is 19.7 Å². The van der Waals surface area contributed by atoms with E-state index in [-0.39, 0.29) is 0 Å². The molecule has 1 unspecified atom stereocenters. The Morgan fingerprint density at radius 1 is 1.03 bits per heavy atom. The van der Waals surface area contributed by atoms with Gasteiger partial charge in [-0.15, -0.1) is 10.2 Å². The third-order valence-corrected chi connectivity index (χ3v) is 5.54. The standard InChI is InChI=1S/C22H26ClN5O/c1-17-14-26(15-18-6-4-3-5-7-18)12-13-27(17)22-25-24-21(16-29-2)28(22)20-10-8-19(23)9-11-20/h3-11,17H,12-16H2,1-2H3. The Balaban J connectivity index is 1.56. The fraction of sp³-hybridized carbons (Fsp3) is 0.364. The average Bonchev–Trinajstić information content (AvgIpc) is 3.13. The van der Waals surface area contributed by atoms with Crippen LogP contribution < -0.4 is 4.90 Å². The fourth-order valence-electron chi connectivity index (χ4n) is 3.89. The lowest BCUT2D eigenvalue weighted by Crippen LogP contribution is -2.52. The summed E-state index contributed by atoms with van der Waals surface area (Å²) < 4.78 is 7.42. The third kappa shape index (κ3) is 4.45. The molecule has 0 saturated carbocycles. The minimum Gasteiger partial charge on any atom is -0.377 e. The van der Waals surface area contributed by atoms with Crippen LogP contribution in [0.1, 0.15) is 18.3 Å². The zero-order valence-corrected chi connectivity index (χ0v) is 17.6.